The van der Waals surface area contributed by atoms with Crippen LogP contribution in [0.1, 0.15) is 53.4 Å². The number of nitrogens with two attached hydrogens (primary N) is 1. The maximum atomic E-state index is 12.3. The zero-order chi connectivity index (χ0) is 20.0. The van der Waals surface area contributed by atoms with Crippen molar-refractivity contribution in [1.29, 1.82) is 5.26 Å². The Balaban J connectivity index is 0.00000392. The van der Waals surface area contributed by atoms with Gasteiger partial charge in [0.25, 0.3) is 0 Å². The fourth-order valence-corrected chi connectivity index (χ4v) is 2.59. The largest absolute Gasteiger partial charge is 0.490 e. The van der Waals surface area contributed by atoms with Crippen LogP contribution in [0.25, 0.3) is 0 Å². The van der Waals surface area contributed by atoms with Crippen molar-refractivity contribution in [3.63, 3.8) is 0 Å². The number of oxime groups is 1. The van der Waals surface area contributed by atoms with Gasteiger partial charge < -0.3 is 15.3 Å². The van der Waals surface area contributed by atoms with Gasteiger partial charge in [-0.2, -0.15) is 23.8 Å². The van der Waals surface area contributed by atoms with Crippen molar-refractivity contribution in [2.45, 2.75) is 33.3 Å². The third-order valence-corrected chi connectivity index (χ3v) is 3.83. The molecule has 0 aliphatic carbocycles. The molecule has 0 aliphatic rings. The van der Waals surface area contributed by atoms with Crippen molar-refractivity contribution in [3.05, 3.63) is 71.1 Å². The first kappa shape index (κ1) is 23.7. The topological polar surface area (TPSA) is 97.7 Å². The molecule has 2 aromatic carbocycles. The second kappa shape index (κ2) is 10.8. The maximum Gasteiger partial charge on any atom is 0.365 e. The molecule has 0 aliphatic heterocycles. The Morgan fingerprint density at radius 1 is 1.32 bits per heavy atom. The van der Waals surface area contributed by atoms with E-state index in [9.17, 15) is 10.1 Å². The molecule has 6 nitrogen and oxygen atoms in total. The molecule has 7 heteroatoms. The molecule has 0 heterocycles. The Bertz CT molecular complexity index is 918. The smallest absolute Gasteiger partial charge is 0.365 e. The van der Waals surface area contributed by atoms with Gasteiger partial charge in [0, 0.05) is 32.7 Å². The first-order valence-electron chi connectivity index (χ1n) is 8.57. The molecule has 0 bridgehead atoms. The summed E-state index contributed by atoms with van der Waals surface area (Å²) in [4.78, 5) is 17.2. The van der Waals surface area contributed by atoms with Gasteiger partial charge in [-0.15, -0.1) is 11.6 Å². The zero-order valence-corrected chi connectivity index (χ0v) is 19.1. The van der Waals surface area contributed by atoms with E-state index < -0.39 is 5.97 Å². The van der Waals surface area contributed by atoms with Crippen LogP contribution >= 0.6 is 0 Å². The van der Waals surface area contributed by atoms with Crippen molar-refractivity contribution in [2.24, 2.45) is 10.9 Å². The number of carbonyl (C=O) groups is 1. The SMILES string of the molecule is [CH2-]c1cccc(/C(N)=N/OC(=O)c2ccc(OC(C)C)c(C#N)c2)c1CC.[Y]. The summed E-state index contributed by atoms with van der Waals surface area (Å²) in [6.07, 6.45) is 0.637. The van der Waals surface area contributed by atoms with E-state index in [4.69, 9.17) is 15.3 Å². The summed E-state index contributed by atoms with van der Waals surface area (Å²) in [5, 5.41) is 13.0. The summed E-state index contributed by atoms with van der Waals surface area (Å²) >= 11 is 0. The van der Waals surface area contributed by atoms with Crippen LogP contribution in [0.2, 0.25) is 0 Å². The number of ether oxygens (including phenoxy) is 1. The second-order valence-electron chi connectivity index (χ2n) is 6.14. The quantitative estimate of drug-likeness (QED) is 0.237. The molecular formula is C21H22N3O3Y-. The molecule has 0 fully saturated rings. The van der Waals surface area contributed by atoms with Crippen LogP contribution in [0.5, 0.6) is 5.75 Å². The van der Waals surface area contributed by atoms with Crippen molar-refractivity contribution < 1.29 is 47.1 Å². The minimum Gasteiger partial charge on any atom is -0.490 e. The third-order valence-electron chi connectivity index (χ3n) is 3.83. The number of hydrogen-bond donors (Lipinski definition) is 1. The molecule has 2 rings (SSSR count). The summed E-state index contributed by atoms with van der Waals surface area (Å²) in [5.74, 6) is -0.216. The fourth-order valence-electron chi connectivity index (χ4n) is 2.59. The Labute approximate surface area is 190 Å². The number of amidine groups is 1. The second-order valence-corrected chi connectivity index (χ2v) is 6.14. The Morgan fingerprint density at radius 2 is 2.04 bits per heavy atom. The van der Waals surface area contributed by atoms with Gasteiger partial charge in [-0.25, -0.2) is 4.79 Å². The van der Waals surface area contributed by atoms with Gasteiger partial charge in [0.15, 0.2) is 5.84 Å². The van der Waals surface area contributed by atoms with Crippen molar-refractivity contribution >= 4 is 11.8 Å². The molecule has 0 aromatic heterocycles. The van der Waals surface area contributed by atoms with E-state index in [1.165, 1.54) is 12.1 Å². The molecular weight excluding hydrogens is 431 g/mol. The summed E-state index contributed by atoms with van der Waals surface area (Å²) in [5.41, 5.74) is 8.86. The molecule has 143 valence electrons. The molecule has 0 saturated heterocycles. The summed E-state index contributed by atoms with van der Waals surface area (Å²) in [6, 6.07) is 12.0. The van der Waals surface area contributed by atoms with Crippen LogP contribution in [-0.4, -0.2) is 17.9 Å². The minimum absolute atomic E-state index is 0. The molecule has 0 atom stereocenters. The molecule has 2 N–H and O–H groups in total. The van der Waals surface area contributed by atoms with E-state index >= 15 is 0 Å². The van der Waals surface area contributed by atoms with Crippen LogP contribution < -0.4 is 10.5 Å². The van der Waals surface area contributed by atoms with Crippen LogP contribution in [0.3, 0.4) is 0 Å². The van der Waals surface area contributed by atoms with Gasteiger partial charge in [-0.3, -0.25) is 0 Å². The summed E-state index contributed by atoms with van der Waals surface area (Å²) < 4.78 is 5.54. The summed E-state index contributed by atoms with van der Waals surface area (Å²) in [6.45, 7) is 9.65. The van der Waals surface area contributed by atoms with Crippen molar-refractivity contribution in [1.82, 2.24) is 0 Å². The molecule has 0 saturated carbocycles. The maximum absolute atomic E-state index is 12.3. The number of carbonyl (C=O) groups excluding carboxylic acids is 1. The number of nitrogens with zero attached hydrogens (tertiary/aromatic N) is 2. The van der Waals surface area contributed by atoms with E-state index in [1.807, 2.05) is 39.0 Å². The number of nitriles is 1. The van der Waals surface area contributed by atoms with Crippen LogP contribution in [0.4, 0.5) is 0 Å². The third kappa shape index (κ3) is 5.82. The van der Waals surface area contributed by atoms with Gasteiger partial charge in [-0.05, 0) is 37.6 Å². The normalized spacial score (nSPS) is 10.8. The summed E-state index contributed by atoms with van der Waals surface area (Å²) in [7, 11) is 0. The Morgan fingerprint density at radius 3 is 2.64 bits per heavy atom. The van der Waals surface area contributed by atoms with Gasteiger partial charge in [0.2, 0.25) is 0 Å². The Hall–Kier alpha value is -2.36. The van der Waals surface area contributed by atoms with Gasteiger partial charge in [0.1, 0.15) is 11.8 Å². The van der Waals surface area contributed by atoms with Crippen LogP contribution in [-0.2, 0) is 44.0 Å². The number of benzene rings is 2. The molecule has 0 spiro atoms. The molecule has 0 amide bonds. The zero-order valence-electron chi connectivity index (χ0n) is 16.2. The first-order valence-corrected chi connectivity index (χ1v) is 8.57. The number of rotatable bonds is 6. The van der Waals surface area contributed by atoms with Crippen molar-refractivity contribution in [2.75, 3.05) is 0 Å². The van der Waals surface area contributed by atoms with Gasteiger partial charge in [-0.1, -0.05) is 24.6 Å². The van der Waals surface area contributed by atoms with Gasteiger partial charge >= 0.3 is 5.97 Å². The van der Waals surface area contributed by atoms with E-state index in [1.54, 1.807) is 12.1 Å². The monoisotopic (exact) mass is 453 g/mol. The first-order chi connectivity index (χ1) is 12.9. The van der Waals surface area contributed by atoms with E-state index in [-0.39, 0.29) is 55.8 Å². The molecule has 28 heavy (non-hydrogen) atoms. The van der Waals surface area contributed by atoms with Crippen LogP contribution in [0, 0.1) is 18.3 Å². The molecule has 1 radical (unpaired) electrons. The van der Waals surface area contributed by atoms with Gasteiger partial charge in [0.05, 0.1) is 17.2 Å². The van der Waals surface area contributed by atoms with E-state index in [0.29, 0.717) is 11.3 Å². The minimum atomic E-state index is -0.714. The average Bonchev–Trinajstić information content (AvgIpc) is 2.65. The predicted octanol–water partition coefficient (Wildman–Crippen LogP) is 3.56. The number of hydrogen-bond acceptors (Lipinski definition) is 5. The molecule has 0 unspecified atom stereocenters. The van der Waals surface area contributed by atoms with Crippen LogP contribution in [0.15, 0.2) is 41.6 Å². The Kier molecular flexibility index (Phi) is 9.17. The molecule has 2 aromatic rings. The predicted molar refractivity (Wildman–Crippen MR) is 103 cm³/mol. The van der Waals surface area contributed by atoms with Crippen molar-refractivity contribution in [3.8, 4) is 11.8 Å². The fraction of sp³-hybridized carbons (Fsp3) is 0.238. The average molecular weight is 453 g/mol. The standard InChI is InChI=1S/C21H22N3O3.Y/c1-5-17-14(4)7-6-8-18(17)20(23)24-27-21(25)15-9-10-19(26-13(2)3)16(11-15)12-22;/h6-11,13H,4-5H2,1-3H3,(H2,23,24);/q-1;. The van der Waals surface area contributed by atoms with E-state index in [0.717, 1.165) is 17.5 Å². The van der Waals surface area contributed by atoms with E-state index in [2.05, 4.69) is 12.1 Å².